The summed E-state index contributed by atoms with van der Waals surface area (Å²) in [5.41, 5.74) is 1.31. The number of aromatic nitrogens is 2. The second-order valence-electron chi connectivity index (χ2n) is 5.95. The van der Waals surface area contributed by atoms with Crippen LogP contribution in [0.1, 0.15) is 18.4 Å². The van der Waals surface area contributed by atoms with E-state index in [-0.39, 0.29) is 0 Å². The summed E-state index contributed by atoms with van der Waals surface area (Å²) in [6.07, 6.45) is 5.51. The van der Waals surface area contributed by atoms with Crippen molar-refractivity contribution >= 4 is 29.2 Å². The normalized spacial score (nSPS) is 16.5. The Morgan fingerprint density at radius 1 is 1.04 bits per heavy atom. The van der Waals surface area contributed by atoms with E-state index in [1.165, 1.54) is 5.56 Å². The molecule has 6 heteroatoms. The van der Waals surface area contributed by atoms with Crippen LogP contribution < -0.4 is 4.90 Å². The molecule has 0 spiro atoms. The fourth-order valence-corrected chi connectivity index (χ4v) is 3.19. The van der Waals surface area contributed by atoms with E-state index in [4.69, 9.17) is 23.2 Å². The Hall–Kier alpha value is -1.36. The number of anilines is 1. The maximum Gasteiger partial charge on any atom is 0.225 e. The van der Waals surface area contributed by atoms with E-state index < -0.39 is 0 Å². The first kappa shape index (κ1) is 16.5. The molecular formula is C17H20Cl2N4. The van der Waals surface area contributed by atoms with Crippen LogP contribution in [0.15, 0.2) is 36.7 Å². The van der Waals surface area contributed by atoms with Crippen molar-refractivity contribution in [2.24, 2.45) is 0 Å². The maximum atomic E-state index is 5.94. The van der Waals surface area contributed by atoms with Crippen molar-refractivity contribution in [2.75, 3.05) is 25.0 Å². The fraction of sp³-hybridized carbons (Fsp3) is 0.412. The van der Waals surface area contributed by atoms with Gasteiger partial charge in [0.15, 0.2) is 0 Å². The lowest BCUT2D eigenvalue weighted by Crippen LogP contribution is -2.43. The van der Waals surface area contributed by atoms with Gasteiger partial charge in [-0.1, -0.05) is 35.3 Å². The minimum atomic E-state index is 0.470. The van der Waals surface area contributed by atoms with Crippen molar-refractivity contribution in [3.05, 3.63) is 52.3 Å². The number of nitrogens with zero attached hydrogens (tertiary/aromatic N) is 4. The Morgan fingerprint density at radius 2 is 1.65 bits per heavy atom. The lowest BCUT2D eigenvalue weighted by atomic mass is 10.0. The predicted molar refractivity (Wildman–Crippen MR) is 95.2 cm³/mol. The van der Waals surface area contributed by atoms with Crippen molar-refractivity contribution in [1.29, 1.82) is 0 Å². The van der Waals surface area contributed by atoms with Crippen molar-refractivity contribution in [3.8, 4) is 0 Å². The summed E-state index contributed by atoms with van der Waals surface area (Å²) in [6.45, 7) is 3.13. The van der Waals surface area contributed by atoms with Crippen molar-refractivity contribution in [2.45, 2.75) is 25.4 Å². The zero-order valence-electron chi connectivity index (χ0n) is 13.1. The van der Waals surface area contributed by atoms with Crippen LogP contribution in [-0.4, -0.2) is 41.0 Å². The molecule has 0 unspecified atom stereocenters. The summed E-state index contributed by atoms with van der Waals surface area (Å²) in [4.78, 5) is 13.3. The molecule has 2 heterocycles. The topological polar surface area (TPSA) is 32.3 Å². The van der Waals surface area contributed by atoms with Gasteiger partial charge in [0.25, 0.3) is 0 Å². The molecule has 1 aromatic carbocycles. The van der Waals surface area contributed by atoms with Gasteiger partial charge in [-0.2, -0.15) is 0 Å². The highest BCUT2D eigenvalue weighted by Gasteiger charge is 2.23. The molecule has 0 aliphatic carbocycles. The van der Waals surface area contributed by atoms with Crippen LogP contribution in [0.3, 0.4) is 0 Å². The number of hydrogen-bond donors (Lipinski definition) is 0. The second-order valence-corrected chi connectivity index (χ2v) is 6.82. The van der Waals surface area contributed by atoms with Gasteiger partial charge in [0.1, 0.15) is 0 Å². The second kappa shape index (κ2) is 7.47. The first-order chi connectivity index (χ1) is 11.1. The molecule has 0 radical (unpaired) electrons. The first-order valence-corrected chi connectivity index (χ1v) is 8.54. The number of rotatable bonds is 4. The van der Waals surface area contributed by atoms with Crippen LogP contribution in [0.2, 0.25) is 10.0 Å². The minimum absolute atomic E-state index is 0.470. The van der Waals surface area contributed by atoms with Gasteiger partial charge in [-0.05, 0) is 30.5 Å². The summed E-state index contributed by atoms with van der Waals surface area (Å²) < 4.78 is 0. The van der Waals surface area contributed by atoms with E-state index in [1.54, 1.807) is 12.4 Å². The van der Waals surface area contributed by atoms with Gasteiger partial charge < -0.3 is 4.90 Å². The Balaban J connectivity index is 1.53. The fourth-order valence-electron chi connectivity index (χ4n) is 2.96. The molecule has 1 aliphatic heterocycles. The molecule has 0 bridgehead atoms. The standard InChI is InChI=1S/C17H20Cl2N4/c1-22(17-20-10-15(19)11-21-17)16-6-8-23(9-7-16)12-13-2-4-14(18)5-3-13/h2-5,10-11,16H,6-9,12H2,1H3. The highest BCUT2D eigenvalue weighted by atomic mass is 35.5. The summed E-state index contributed by atoms with van der Waals surface area (Å²) in [7, 11) is 2.06. The molecule has 2 aromatic rings. The average molecular weight is 351 g/mol. The Labute approximate surface area is 147 Å². The van der Waals surface area contributed by atoms with E-state index in [0.717, 1.165) is 43.4 Å². The summed E-state index contributed by atoms with van der Waals surface area (Å²) >= 11 is 11.8. The Bertz CT molecular complexity index is 622. The van der Waals surface area contributed by atoms with Crippen LogP contribution in [0.25, 0.3) is 0 Å². The van der Waals surface area contributed by atoms with Crippen LogP contribution in [-0.2, 0) is 6.54 Å². The Kier molecular flexibility index (Phi) is 5.36. The zero-order chi connectivity index (χ0) is 16.2. The van der Waals surface area contributed by atoms with Gasteiger partial charge in [0.05, 0.1) is 17.4 Å². The zero-order valence-corrected chi connectivity index (χ0v) is 14.6. The van der Waals surface area contributed by atoms with E-state index in [9.17, 15) is 0 Å². The monoisotopic (exact) mass is 350 g/mol. The molecule has 0 saturated carbocycles. The lowest BCUT2D eigenvalue weighted by molar-refractivity contribution is 0.203. The van der Waals surface area contributed by atoms with Gasteiger partial charge in [-0.15, -0.1) is 0 Å². The van der Waals surface area contributed by atoms with E-state index in [2.05, 4.69) is 38.9 Å². The molecule has 3 rings (SSSR count). The number of halogens is 2. The smallest absolute Gasteiger partial charge is 0.225 e. The summed E-state index contributed by atoms with van der Waals surface area (Å²) in [6, 6.07) is 8.58. The van der Waals surface area contributed by atoms with Gasteiger partial charge in [-0.25, -0.2) is 9.97 Å². The molecule has 4 nitrogen and oxygen atoms in total. The number of likely N-dealkylation sites (tertiary alicyclic amines) is 1. The largest absolute Gasteiger partial charge is 0.341 e. The van der Waals surface area contributed by atoms with Gasteiger partial charge in [0, 0.05) is 37.7 Å². The molecule has 23 heavy (non-hydrogen) atoms. The maximum absolute atomic E-state index is 5.94. The average Bonchev–Trinajstić information content (AvgIpc) is 2.58. The van der Waals surface area contributed by atoms with Crippen LogP contribution in [0.5, 0.6) is 0 Å². The third kappa shape index (κ3) is 4.34. The SMILES string of the molecule is CN(c1ncc(Cl)cn1)C1CCN(Cc2ccc(Cl)cc2)CC1. The van der Waals surface area contributed by atoms with Gasteiger partial charge >= 0.3 is 0 Å². The predicted octanol–water partition coefficient (Wildman–Crippen LogP) is 3.88. The quantitative estimate of drug-likeness (QED) is 0.837. The van der Waals surface area contributed by atoms with E-state index in [1.807, 2.05) is 12.1 Å². The van der Waals surface area contributed by atoms with Crippen LogP contribution >= 0.6 is 23.2 Å². The van der Waals surface area contributed by atoms with E-state index >= 15 is 0 Å². The minimum Gasteiger partial charge on any atom is -0.341 e. The highest BCUT2D eigenvalue weighted by Crippen LogP contribution is 2.21. The third-order valence-corrected chi connectivity index (χ3v) is 4.79. The summed E-state index contributed by atoms with van der Waals surface area (Å²) in [5, 5.41) is 1.36. The molecule has 1 aliphatic rings. The Morgan fingerprint density at radius 3 is 2.26 bits per heavy atom. The summed E-state index contributed by atoms with van der Waals surface area (Å²) in [5.74, 6) is 0.741. The molecule has 1 fully saturated rings. The van der Waals surface area contributed by atoms with Crippen LogP contribution in [0, 0.1) is 0 Å². The molecule has 1 aromatic heterocycles. The number of piperidine rings is 1. The van der Waals surface area contributed by atoms with Gasteiger partial charge in [-0.3, -0.25) is 4.90 Å². The lowest BCUT2D eigenvalue weighted by Gasteiger charge is -2.36. The molecule has 122 valence electrons. The number of benzene rings is 1. The molecule has 0 amide bonds. The number of hydrogen-bond acceptors (Lipinski definition) is 4. The highest BCUT2D eigenvalue weighted by molar-refractivity contribution is 6.30. The molecule has 0 atom stereocenters. The first-order valence-electron chi connectivity index (χ1n) is 7.79. The van der Waals surface area contributed by atoms with Gasteiger partial charge in [0.2, 0.25) is 5.95 Å². The molecule has 1 saturated heterocycles. The van der Waals surface area contributed by atoms with Crippen molar-refractivity contribution < 1.29 is 0 Å². The van der Waals surface area contributed by atoms with Crippen molar-refractivity contribution in [3.63, 3.8) is 0 Å². The van der Waals surface area contributed by atoms with E-state index in [0.29, 0.717) is 11.1 Å². The molecule has 0 N–H and O–H groups in total. The van der Waals surface area contributed by atoms with Crippen LogP contribution in [0.4, 0.5) is 5.95 Å². The third-order valence-electron chi connectivity index (χ3n) is 4.35. The molecular weight excluding hydrogens is 331 g/mol. The van der Waals surface area contributed by atoms with Crippen molar-refractivity contribution in [1.82, 2.24) is 14.9 Å².